The summed E-state index contributed by atoms with van der Waals surface area (Å²) in [7, 11) is 0. The fraction of sp³-hybridized carbons (Fsp3) is 0.700. The van der Waals surface area contributed by atoms with Gasteiger partial charge in [0.05, 0.1) is 0 Å². The topological polar surface area (TPSA) is 48.6 Å². The van der Waals surface area contributed by atoms with Crippen LogP contribution in [0.25, 0.3) is 0 Å². The first kappa shape index (κ1) is 22.7. The number of azo groups is 1. The number of nitrogens with zero attached hydrogens (tertiary/aromatic N) is 2. The molecule has 0 aliphatic heterocycles. The van der Waals surface area contributed by atoms with Crippen LogP contribution in [0.3, 0.4) is 0 Å². The van der Waals surface area contributed by atoms with Gasteiger partial charge < -0.3 is 0 Å². The molecule has 0 aliphatic carbocycles. The third kappa shape index (κ3) is 221. The first-order valence-electron chi connectivity index (χ1n) is 4.83. The molecule has 80 valence electrons. The minimum absolute atomic E-state index is 0.849. The van der Waals surface area contributed by atoms with E-state index in [1.54, 1.807) is 0 Å². The van der Waals surface area contributed by atoms with Crippen molar-refractivity contribution in [3.05, 3.63) is 12.8 Å². The summed E-state index contributed by atoms with van der Waals surface area (Å²) in [6.45, 7) is 15.5. The molecule has 0 aromatic carbocycles. The zero-order valence-corrected chi connectivity index (χ0v) is 9.96. The Kier molecular flexibility index (Phi) is 120. The molecule has 13 heavy (non-hydrogen) atoms. The van der Waals surface area contributed by atoms with Crippen LogP contribution in [0.2, 0.25) is 0 Å². The minimum Gasteiger partial charge on any atom is -0.288 e. The van der Waals surface area contributed by atoms with E-state index in [2.05, 4.69) is 30.7 Å². The Morgan fingerprint density at radius 1 is 1.08 bits per heavy atom. The normalized spacial score (nSPS) is 6.31. The molecule has 0 aromatic rings. The smallest absolute Gasteiger partial charge is 0.129 e. The number of hydrogen-bond acceptors (Lipinski definition) is 2. The SMILES string of the molecule is C=CN=NC=N.CC.CC.CCC. The molecule has 0 aromatic heterocycles. The van der Waals surface area contributed by atoms with Gasteiger partial charge in [0.15, 0.2) is 0 Å². The molecule has 0 aliphatic rings. The molecule has 0 fully saturated rings. The van der Waals surface area contributed by atoms with Gasteiger partial charge in [0.2, 0.25) is 0 Å². The molecule has 0 heterocycles. The lowest BCUT2D eigenvalue weighted by molar-refractivity contribution is 1.09. The van der Waals surface area contributed by atoms with Gasteiger partial charge in [-0.3, -0.25) is 5.41 Å². The van der Waals surface area contributed by atoms with Crippen LogP contribution in [-0.2, 0) is 0 Å². The lowest BCUT2D eigenvalue weighted by Crippen LogP contribution is -1.48. The fourth-order valence-corrected chi connectivity index (χ4v) is 0.0805. The van der Waals surface area contributed by atoms with Crippen LogP contribution in [0.5, 0.6) is 0 Å². The van der Waals surface area contributed by atoms with E-state index < -0.39 is 0 Å². The Morgan fingerprint density at radius 3 is 1.46 bits per heavy atom. The Labute approximate surface area is 83.5 Å². The minimum atomic E-state index is 0.849. The van der Waals surface area contributed by atoms with E-state index in [0.717, 1.165) is 6.34 Å². The maximum Gasteiger partial charge on any atom is 0.129 e. The summed E-state index contributed by atoms with van der Waals surface area (Å²) in [6.07, 6.45) is 3.37. The zero-order chi connectivity index (χ0) is 11.5. The Morgan fingerprint density at radius 2 is 1.38 bits per heavy atom. The van der Waals surface area contributed by atoms with E-state index in [4.69, 9.17) is 5.41 Å². The van der Waals surface area contributed by atoms with Crippen LogP contribution in [0.15, 0.2) is 23.0 Å². The van der Waals surface area contributed by atoms with Crippen LogP contribution >= 0.6 is 0 Å². The van der Waals surface area contributed by atoms with Crippen molar-refractivity contribution in [2.24, 2.45) is 10.2 Å². The van der Waals surface area contributed by atoms with Crippen molar-refractivity contribution in [3.63, 3.8) is 0 Å². The van der Waals surface area contributed by atoms with Crippen molar-refractivity contribution in [3.8, 4) is 0 Å². The van der Waals surface area contributed by atoms with Crippen LogP contribution in [0.1, 0.15) is 48.0 Å². The third-order valence-electron chi connectivity index (χ3n) is 0.206. The van der Waals surface area contributed by atoms with E-state index in [9.17, 15) is 0 Å². The largest absolute Gasteiger partial charge is 0.288 e. The molecule has 3 heteroatoms. The van der Waals surface area contributed by atoms with Crippen LogP contribution in [0.4, 0.5) is 0 Å². The number of rotatable bonds is 2. The van der Waals surface area contributed by atoms with Crippen molar-refractivity contribution in [1.82, 2.24) is 0 Å². The van der Waals surface area contributed by atoms with E-state index in [0.29, 0.717) is 0 Å². The highest BCUT2D eigenvalue weighted by Crippen LogP contribution is 1.65. The van der Waals surface area contributed by atoms with E-state index >= 15 is 0 Å². The summed E-state index contributed by atoms with van der Waals surface area (Å²) < 4.78 is 0. The first-order chi connectivity index (χ1) is 6.33. The van der Waals surface area contributed by atoms with Gasteiger partial charge >= 0.3 is 0 Å². The molecular formula is C10H25N3. The molecule has 0 atom stereocenters. The van der Waals surface area contributed by atoms with Crippen molar-refractivity contribution in [1.29, 1.82) is 5.41 Å². The molecule has 0 bridgehead atoms. The van der Waals surface area contributed by atoms with Gasteiger partial charge in [-0.15, -0.1) is 5.11 Å². The highest BCUT2D eigenvalue weighted by molar-refractivity contribution is 5.49. The highest BCUT2D eigenvalue weighted by atomic mass is 15.1. The van der Waals surface area contributed by atoms with Crippen LogP contribution in [0, 0.1) is 5.41 Å². The summed E-state index contributed by atoms with van der Waals surface area (Å²) in [5.41, 5.74) is 0. The molecule has 1 N–H and O–H groups in total. The van der Waals surface area contributed by atoms with Gasteiger partial charge in [-0.25, -0.2) is 0 Å². The van der Waals surface area contributed by atoms with E-state index in [1.165, 1.54) is 12.6 Å². The molecule has 0 rings (SSSR count). The standard InChI is InChI=1S/C3H5N3.C3H8.2C2H6/c1-2-5-6-3-4;1-3-2;2*1-2/h2-4H,1H2;3H2,1-2H3;2*1-2H3. The van der Waals surface area contributed by atoms with Gasteiger partial charge in [0.1, 0.15) is 6.34 Å². The van der Waals surface area contributed by atoms with Gasteiger partial charge in [-0.05, 0) is 0 Å². The van der Waals surface area contributed by atoms with Gasteiger partial charge in [0.25, 0.3) is 0 Å². The van der Waals surface area contributed by atoms with Gasteiger partial charge in [-0.1, -0.05) is 54.5 Å². The number of nitrogens with one attached hydrogen (secondary N) is 1. The summed E-state index contributed by atoms with van der Waals surface area (Å²) in [6, 6.07) is 0. The number of hydrogen-bond donors (Lipinski definition) is 1. The third-order valence-corrected chi connectivity index (χ3v) is 0.206. The highest BCUT2D eigenvalue weighted by Gasteiger charge is 1.48. The molecule has 0 amide bonds. The summed E-state index contributed by atoms with van der Waals surface area (Å²) >= 11 is 0. The van der Waals surface area contributed by atoms with Crippen LogP contribution in [-0.4, -0.2) is 6.34 Å². The van der Waals surface area contributed by atoms with E-state index in [-0.39, 0.29) is 0 Å². The molecule has 0 spiro atoms. The average Bonchev–Trinajstić information content (AvgIpc) is 2.22. The monoisotopic (exact) mass is 187 g/mol. The van der Waals surface area contributed by atoms with Crippen molar-refractivity contribution in [2.45, 2.75) is 48.0 Å². The predicted octanol–water partition coefficient (Wildman–Crippen LogP) is 4.66. The molecule has 0 radical (unpaired) electrons. The van der Waals surface area contributed by atoms with E-state index in [1.807, 2.05) is 27.7 Å². The fourth-order valence-electron chi connectivity index (χ4n) is 0.0805. The molecule has 0 saturated carbocycles. The second kappa shape index (κ2) is 68.6. The maximum atomic E-state index is 6.27. The Balaban J connectivity index is -0.0000000493. The van der Waals surface area contributed by atoms with Gasteiger partial charge in [0, 0.05) is 6.20 Å². The quantitative estimate of drug-likeness (QED) is 0.371. The molecule has 0 unspecified atom stereocenters. The second-order valence-corrected chi connectivity index (χ2v) is 1.25. The Bertz CT molecular complexity index is 78.2. The molecular weight excluding hydrogens is 162 g/mol. The first-order valence-corrected chi connectivity index (χ1v) is 4.83. The summed E-state index contributed by atoms with van der Waals surface area (Å²) in [4.78, 5) is 0. The lowest BCUT2D eigenvalue weighted by Gasteiger charge is -1.60. The summed E-state index contributed by atoms with van der Waals surface area (Å²) in [5.74, 6) is 0. The lowest BCUT2D eigenvalue weighted by atomic mass is 10.6. The summed E-state index contributed by atoms with van der Waals surface area (Å²) in [5, 5.41) is 12.6. The van der Waals surface area contributed by atoms with Crippen molar-refractivity contribution < 1.29 is 0 Å². The maximum absolute atomic E-state index is 6.27. The zero-order valence-electron chi connectivity index (χ0n) is 9.96. The van der Waals surface area contributed by atoms with Crippen LogP contribution < -0.4 is 0 Å². The van der Waals surface area contributed by atoms with Crippen molar-refractivity contribution >= 4 is 6.34 Å². The second-order valence-electron chi connectivity index (χ2n) is 1.25. The Hall–Kier alpha value is -0.990. The van der Waals surface area contributed by atoms with Gasteiger partial charge in [-0.2, -0.15) is 5.11 Å². The predicted molar refractivity (Wildman–Crippen MR) is 62.5 cm³/mol. The average molecular weight is 187 g/mol. The molecule has 0 saturated heterocycles. The van der Waals surface area contributed by atoms with Crippen molar-refractivity contribution in [2.75, 3.05) is 0 Å². The molecule has 3 nitrogen and oxygen atoms in total.